The Labute approximate surface area is 162 Å². The Morgan fingerprint density at radius 2 is 1.89 bits per heavy atom. The topological polar surface area (TPSA) is 93.9 Å². The molecule has 2 aliphatic rings. The third kappa shape index (κ3) is 4.96. The molecule has 2 heterocycles. The summed E-state index contributed by atoms with van der Waals surface area (Å²) in [6.07, 6.45) is 2.70. The Kier molecular flexibility index (Phi) is 6.79. The van der Waals surface area contributed by atoms with Crippen LogP contribution in [-0.4, -0.2) is 50.3 Å². The lowest BCUT2D eigenvalue weighted by atomic mass is 9.91. The lowest BCUT2D eigenvalue weighted by Crippen LogP contribution is -2.57. The molecule has 0 aliphatic carbocycles. The molecule has 2 atom stereocenters. The van der Waals surface area contributed by atoms with Gasteiger partial charge in [0.05, 0.1) is 6.04 Å². The molecule has 2 saturated heterocycles. The number of halogens is 2. The van der Waals surface area contributed by atoms with E-state index in [1.165, 1.54) is 12.1 Å². The molecule has 2 amide bonds. The number of ether oxygens (including phenoxy) is 2. The van der Waals surface area contributed by atoms with Gasteiger partial charge >= 0.3 is 6.61 Å². The fourth-order valence-electron chi connectivity index (χ4n) is 3.63. The first-order valence-corrected chi connectivity index (χ1v) is 9.45. The molecule has 2 unspecified atom stereocenters. The van der Waals surface area contributed by atoms with Crippen molar-refractivity contribution >= 4 is 17.5 Å². The second-order valence-corrected chi connectivity index (χ2v) is 7.04. The molecule has 0 aromatic heterocycles. The number of rotatable bonds is 6. The van der Waals surface area contributed by atoms with Crippen molar-refractivity contribution in [3.63, 3.8) is 0 Å². The van der Waals surface area contributed by atoms with Crippen LogP contribution in [0.25, 0.3) is 0 Å². The summed E-state index contributed by atoms with van der Waals surface area (Å²) in [6, 6.07) is 4.55. The fourth-order valence-corrected chi connectivity index (χ4v) is 3.63. The van der Waals surface area contributed by atoms with Crippen LogP contribution in [0.3, 0.4) is 0 Å². The van der Waals surface area contributed by atoms with Gasteiger partial charge in [-0.15, -0.1) is 0 Å². The van der Waals surface area contributed by atoms with Crippen LogP contribution in [0.4, 0.5) is 14.5 Å². The van der Waals surface area contributed by atoms with Gasteiger partial charge in [-0.05, 0) is 55.9 Å². The van der Waals surface area contributed by atoms with Gasteiger partial charge in [0, 0.05) is 25.4 Å². The highest BCUT2D eigenvalue weighted by Gasteiger charge is 2.34. The molecule has 154 valence electrons. The molecule has 28 heavy (non-hydrogen) atoms. The zero-order valence-corrected chi connectivity index (χ0v) is 15.5. The lowest BCUT2D eigenvalue weighted by Gasteiger charge is -2.34. The number of hydrogen-bond donors (Lipinski definition) is 2. The van der Waals surface area contributed by atoms with Crippen molar-refractivity contribution in [2.24, 2.45) is 11.7 Å². The van der Waals surface area contributed by atoms with Crippen LogP contribution in [-0.2, 0) is 14.3 Å². The van der Waals surface area contributed by atoms with Crippen LogP contribution in [0.15, 0.2) is 24.3 Å². The molecular weight excluding hydrogens is 372 g/mol. The van der Waals surface area contributed by atoms with Gasteiger partial charge in [0.1, 0.15) is 11.8 Å². The van der Waals surface area contributed by atoms with Gasteiger partial charge in [0.25, 0.3) is 0 Å². The van der Waals surface area contributed by atoms with Crippen LogP contribution >= 0.6 is 0 Å². The highest BCUT2D eigenvalue weighted by Crippen LogP contribution is 2.25. The minimum Gasteiger partial charge on any atom is -0.435 e. The number of carbonyl (C=O) groups is 2. The first kappa shape index (κ1) is 20.5. The van der Waals surface area contributed by atoms with Crippen molar-refractivity contribution in [3.05, 3.63) is 24.3 Å². The second kappa shape index (κ2) is 9.29. The van der Waals surface area contributed by atoms with Crippen molar-refractivity contribution in [3.8, 4) is 5.75 Å². The highest BCUT2D eigenvalue weighted by atomic mass is 19.3. The Morgan fingerprint density at radius 3 is 2.54 bits per heavy atom. The molecule has 7 nitrogen and oxygen atoms in total. The Balaban J connectivity index is 1.61. The summed E-state index contributed by atoms with van der Waals surface area (Å²) in [5.74, 6) is -0.490. The van der Waals surface area contributed by atoms with E-state index < -0.39 is 18.7 Å². The number of nitrogens with one attached hydrogen (secondary N) is 1. The number of alkyl halides is 2. The summed E-state index contributed by atoms with van der Waals surface area (Å²) >= 11 is 0. The normalized spacial score (nSPS) is 22.2. The maximum atomic E-state index is 12.8. The molecule has 2 fully saturated rings. The predicted molar refractivity (Wildman–Crippen MR) is 98.1 cm³/mol. The van der Waals surface area contributed by atoms with Crippen molar-refractivity contribution in [2.45, 2.75) is 44.4 Å². The SMILES string of the molecule is NC(C(=O)NC1CCCN(c2ccc(OC(F)F)cc2)C1=O)C1CCOCC1. The van der Waals surface area contributed by atoms with E-state index in [9.17, 15) is 18.4 Å². The summed E-state index contributed by atoms with van der Waals surface area (Å²) in [7, 11) is 0. The van der Waals surface area contributed by atoms with E-state index >= 15 is 0 Å². The maximum absolute atomic E-state index is 12.8. The highest BCUT2D eigenvalue weighted by molar-refractivity contribution is 6.00. The first-order valence-electron chi connectivity index (χ1n) is 9.45. The zero-order chi connectivity index (χ0) is 20.1. The van der Waals surface area contributed by atoms with E-state index in [0.29, 0.717) is 38.3 Å². The molecule has 3 N–H and O–H groups in total. The summed E-state index contributed by atoms with van der Waals surface area (Å²) in [4.78, 5) is 26.9. The van der Waals surface area contributed by atoms with Crippen LogP contribution in [0.2, 0.25) is 0 Å². The smallest absolute Gasteiger partial charge is 0.387 e. The van der Waals surface area contributed by atoms with E-state index in [0.717, 1.165) is 12.8 Å². The monoisotopic (exact) mass is 397 g/mol. The number of hydrogen-bond acceptors (Lipinski definition) is 5. The molecule has 0 radical (unpaired) electrons. The average Bonchev–Trinajstić information content (AvgIpc) is 2.70. The molecular formula is C19H25F2N3O4. The third-order valence-corrected chi connectivity index (χ3v) is 5.21. The van der Waals surface area contributed by atoms with E-state index in [1.807, 2.05) is 0 Å². The minimum absolute atomic E-state index is 0.0236. The summed E-state index contributed by atoms with van der Waals surface area (Å²) in [5.41, 5.74) is 6.66. The number of nitrogens with zero attached hydrogens (tertiary/aromatic N) is 1. The zero-order valence-electron chi connectivity index (χ0n) is 15.5. The van der Waals surface area contributed by atoms with Gasteiger partial charge in [-0.25, -0.2) is 0 Å². The standard InChI is InChI=1S/C19H25F2N3O4/c20-19(21)28-14-5-3-13(4-6-14)24-9-1-2-15(18(24)26)23-17(25)16(22)12-7-10-27-11-8-12/h3-6,12,15-16,19H,1-2,7-11,22H2,(H,23,25). The number of amides is 2. The average molecular weight is 397 g/mol. The van der Waals surface area contributed by atoms with Gasteiger partial charge in [-0.3, -0.25) is 9.59 Å². The number of carbonyl (C=O) groups excluding carboxylic acids is 2. The van der Waals surface area contributed by atoms with Crippen LogP contribution < -0.4 is 20.7 Å². The van der Waals surface area contributed by atoms with E-state index in [2.05, 4.69) is 10.1 Å². The van der Waals surface area contributed by atoms with Crippen LogP contribution in [0.5, 0.6) is 5.75 Å². The van der Waals surface area contributed by atoms with Crippen molar-refractivity contribution in [2.75, 3.05) is 24.7 Å². The molecule has 0 spiro atoms. The predicted octanol–water partition coefficient (Wildman–Crippen LogP) is 1.65. The lowest BCUT2D eigenvalue weighted by molar-refractivity contribution is -0.130. The quantitative estimate of drug-likeness (QED) is 0.761. The van der Waals surface area contributed by atoms with Crippen molar-refractivity contribution in [1.29, 1.82) is 0 Å². The molecule has 0 bridgehead atoms. The Morgan fingerprint density at radius 1 is 1.21 bits per heavy atom. The Hall–Kier alpha value is -2.26. The molecule has 0 saturated carbocycles. The van der Waals surface area contributed by atoms with E-state index in [1.54, 1.807) is 17.0 Å². The minimum atomic E-state index is -2.90. The number of piperidine rings is 1. The summed E-state index contributed by atoms with van der Waals surface area (Å²) in [5, 5.41) is 2.78. The summed E-state index contributed by atoms with van der Waals surface area (Å²) in [6.45, 7) is -1.23. The second-order valence-electron chi connectivity index (χ2n) is 7.04. The van der Waals surface area contributed by atoms with Gasteiger partial charge in [0.15, 0.2) is 0 Å². The van der Waals surface area contributed by atoms with Crippen LogP contribution in [0.1, 0.15) is 25.7 Å². The third-order valence-electron chi connectivity index (χ3n) is 5.21. The fraction of sp³-hybridized carbons (Fsp3) is 0.579. The first-order chi connectivity index (χ1) is 13.5. The maximum Gasteiger partial charge on any atom is 0.387 e. The largest absolute Gasteiger partial charge is 0.435 e. The molecule has 3 rings (SSSR count). The number of nitrogens with two attached hydrogens (primary N) is 1. The Bertz CT molecular complexity index is 680. The molecule has 1 aromatic carbocycles. The number of anilines is 1. The molecule has 1 aromatic rings. The van der Waals surface area contributed by atoms with Gasteiger partial charge in [-0.2, -0.15) is 8.78 Å². The van der Waals surface area contributed by atoms with E-state index in [-0.39, 0.29) is 23.5 Å². The molecule has 2 aliphatic heterocycles. The van der Waals surface area contributed by atoms with Gasteiger partial charge in [-0.1, -0.05) is 0 Å². The van der Waals surface area contributed by atoms with Crippen LogP contribution in [0, 0.1) is 5.92 Å². The molecule has 9 heteroatoms. The van der Waals surface area contributed by atoms with Gasteiger partial charge < -0.3 is 25.4 Å². The summed E-state index contributed by atoms with van der Waals surface area (Å²) < 4.78 is 34.1. The van der Waals surface area contributed by atoms with E-state index in [4.69, 9.17) is 10.5 Å². The number of benzene rings is 1. The van der Waals surface area contributed by atoms with Crippen molar-refractivity contribution in [1.82, 2.24) is 5.32 Å². The van der Waals surface area contributed by atoms with Gasteiger partial charge in [0.2, 0.25) is 11.8 Å². The van der Waals surface area contributed by atoms with Crippen molar-refractivity contribution < 1.29 is 27.8 Å².